The van der Waals surface area contributed by atoms with Crippen LogP contribution in [0.3, 0.4) is 0 Å². The van der Waals surface area contributed by atoms with Crippen molar-refractivity contribution in [2.75, 3.05) is 12.3 Å². The van der Waals surface area contributed by atoms with E-state index >= 15 is 0 Å². The van der Waals surface area contributed by atoms with Crippen LogP contribution >= 0.6 is 0 Å². The molecule has 122 valence electrons. The molecule has 0 saturated heterocycles. The molecular weight excluding hydrogens is 313 g/mol. The van der Waals surface area contributed by atoms with Crippen molar-refractivity contribution in [3.8, 4) is 0 Å². The number of nitrogen functional groups attached to an aromatic ring is 1. The van der Waals surface area contributed by atoms with Gasteiger partial charge in [0.05, 0.1) is 17.5 Å². The first-order valence-electron chi connectivity index (χ1n) is 7.06. The molecule has 1 fully saturated rings. The van der Waals surface area contributed by atoms with Crippen molar-refractivity contribution in [2.24, 2.45) is 0 Å². The predicted molar refractivity (Wildman–Crippen MR) is 76.7 cm³/mol. The fourth-order valence-electron chi connectivity index (χ4n) is 2.60. The zero-order valence-corrected chi connectivity index (χ0v) is 12.2. The third-order valence-corrected chi connectivity index (χ3v) is 3.76. The number of aromatic nitrogens is 1. The van der Waals surface area contributed by atoms with Gasteiger partial charge in [-0.1, -0.05) is 0 Å². The highest BCUT2D eigenvalue weighted by Gasteiger charge is 2.33. The van der Waals surface area contributed by atoms with Crippen LogP contribution in [0.15, 0.2) is 10.9 Å². The molecule has 1 aromatic carbocycles. The first-order valence-corrected chi connectivity index (χ1v) is 7.06. The van der Waals surface area contributed by atoms with E-state index in [2.05, 4.69) is 0 Å². The number of benzene rings is 1. The van der Waals surface area contributed by atoms with E-state index in [0.29, 0.717) is 18.9 Å². The van der Waals surface area contributed by atoms with Gasteiger partial charge in [0.25, 0.3) is 0 Å². The number of hydrogen-bond donors (Lipinski definition) is 1. The average Bonchev–Trinajstić information content (AvgIpc) is 3.31. The minimum absolute atomic E-state index is 0.00528. The number of ether oxygens (including phenoxy) is 1. The van der Waals surface area contributed by atoms with Gasteiger partial charge in [0, 0.05) is 6.04 Å². The summed E-state index contributed by atoms with van der Waals surface area (Å²) < 4.78 is 47.2. The molecule has 1 aliphatic carbocycles. The van der Waals surface area contributed by atoms with Crippen molar-refractivity contribution in [3.05, 3.63) is 39.3 Å². The van der Waals surface area contributed by atoms with Crippen LogP contribution in [0.5, 0.6) is 0 Å². The molecule has 2 aromatic rings. The van der Waals surface area contributed by atoms with E-state index < -0.39 is 45.3 Å². The molecule has 0 aliphatic heterocycles. The molecule has 3 rings (SSSR count). The van der Waals surface area contributed by atoms with Crippen molar-refractivity contribution >= 4 is 22.7 Å². The van der Waals surface area contributed by atoms with Crippen LogP contribution < -0.4 is 11.2 Å². The number of pyridine rings is 1. The fourth-order valence-corrected chi connectivity index (χ4v) is 2.60. The molecule has 1 heterocycles. The highest BCUT2D eigenvalue weighted by Crippen LogP contribution is 2.40. The summed E-state index contributed by atoms with van der Waals surface area (Å²) in [7, 11) is 0. The van der Waals surface area contributed by atoms with Gasteiger partial charge in [-0.2, -0.15) is 0 Å². The van der Waals surface area contributed by atoms with Crippen LogP contribution in [-0.2, 0) is 4.74 Å². The molecule has 2 N–H and O–H groups in total. The van der Waals surface area contributed by atoms with Crippen LogP contribution in [0.2, 0.25) is 0 Å². The number of nitrogens with two attached hydrogens (primary N) is 1. The molecular formula is C15H13F3N2O3. The Hall–Kier alpha value is -2.51. The summed E-state index contributed by atoms with van der Waals surface area (Å²) in [5, 5.41) is -0.439. The molecule has 0 spiro atoms. The molecule has 1 aliphatic rings. The molecule has 0 atom stereocenters. The minimum atomic E-state index is -1.69. The largest absolute Gasteiger partial charge is 0.462 e. The molecule has 1 saturated carbocycles. The predicted octanol–water partition coefficient (Wildman–Crippen LogP) is 2.51. The fraction of sp³-hybridized carbons (Fsp3) is 0.333. The zero-order valence-electron chi connectivity index (χ0n) is 12.2. The smallest absolute Gasteiger partial charge is 0.345 e. The highest BCUT2D eigenvalue weighted by molar-refractivity contribution is 5.99. The molecule has 0 unspecified atom stereocenters. The van der Waals surface area contributed by atoms with Crippen LogP contribution in [0.1, 0.15) is 36.2 Å². The van der Waals surface area contributed by atoms with E-state index in [0.717, 1.165) is 0 Å². The summed E-state index contributed by atoms with van der Waals surface area (Å²) in [6.07, 6.45) is 1.26. The first kappa shape index (κ1) is 15.4. The normalized spacial score (nSPS) is 14.3. The van der Waals surface area contributed by atoms with Crippen molar-refractivity contribution in [3.63, 3.8) is 0 Å². The summed E-state index contributed by atoms with van der Waals surface area (Å²) in [6, 6.07) is 0.308. The number of carbonyl (C=O) groups is 1. The third kappa shape index (κ3) is 2.25. The summed E-state index contributed by atoms with van der Waals surface area (Å²) in [6.45, 7) is 1.55. The lowest BCUT2D eigenvalue weighted by molar-refractivity contribution is 0.0525. The molecule has 1 aromatic heterocycles. The minimum Gasteiger partial charge on any atom is -0.462 e. The van der Waals surface area contributed by atoms with Gasteiger partial charge in [0.1, 0.15) is 11.4 Å². The van der Waals surface area contributed by atoms with Gasteiger partial charge < -0.3 is 15.0 Å². The molecule has 8 heteroatoms. The number of hydrogen-bond acceptors (Lipinski definition) is 4. The van der Waals surface area contributed by atoms with Crippen molar-refractivity contribution < 1.29 is 22.7 Å². The molecule has 23 heavy (non-hydrogen) atoms. The van der Waals surface area contributed by atoms with Gasteiger partial charge in [0.2, 0.25) is 5.43 Å². The van der Waals surface area contributed by atoms with Crippen molar-refractivity contribution in [1.29, 1.82) is 0 Å². The number of halogens is 3. The second-order valence-electron chi connectivity index (χ2n) is 5.29. The Morgan fingerprint density at radius 2 is 2.00 bits per heavy atom. The summed E-state index contributed by atoms with van der Waals surface area (Å²) in [4.78, 5) is 24.4. The number of nitrogens with zero attached hydrogens (tertiary/aromatic N) is 1. The van der Waals surface area contributed by atoms with Gasteiger partial charge in [-0.25, -0.2) is 18.0 Å². The Kier molecular flexibility index (Phi) is 3.54. The summed E-state index contributed by atoms with van der Waals surface area (Å²) in [5.41, 5.74) is 3.96. The second-order valence-corrected chi connectivity index (χ2v) is 5.29. The SMILES string of the molecule is CCOC(=O)c1c(N)n(C2CC2)c2c(F)c(F)c(F)cc2c1=O. The average molecular weight is 326 g/mol. The molecule has 5 nitrogen and oxygen atoms in total. The maximum atomic E-state index is 14.2. The van der Waals surface area contributed by atoms with Crippen LogP contribution in [0.25, 0.3) is 10.9 Å². The number of fused-ring (bicyclic) bond motifs is 1. The van der Waals surface area contributed by atoms with Crippen molar-refractivity contribution in [2.45, 2.75) is 25.8 Å². The standard InChI is InChI=1S/C15H13F3N2O3/c1-2-23-15(22)9-13(21)7-5-8(16)10(17)11(18)12(7)20(14(9)19)6-3-4-6/h5-6H,2-4,19H2,1H3. The van der Waals surface area contributed by atoms with Gasteiger partial charge >= 0.3 is 5.97 Å². The van der Waals surface area contributed by atoms with E-state index in [-0.39, 0.29) is 18.5 Å². The quantitative estimate of drug-likeness (QED) is 0.695. The third-order valence-electron chi connectivity index (χ3n) is 3.76. The van der Waals surface area contributed by atoms with Gasteiger partial charge in [-0.05, 0) is 25.8 Å². The number of esters is 1. The molecule has 0 radical (unpaired) electrons. The van der Waals surface area contributed by atoms with E-state index in [1.165, 1.54) is 4.57 Å². The lowest BCUT2D eigenvalue weighted by Crippen LogP contribution is -2.25. The van der Waals surface area contributed by atoms with Crippen LogP contribution in [-0.4, -0.2) is 17.1 Å². The van der Waals surface area contributed by atoms with Crippen LogP contribution in [0.4, 0.5) is 19.0 Å². The van der Waals surface area contributed by atoms with Gasteiger partial charge in [-0.15, -0.1) is 0 Å². The Balaban J connectivity index is 2.47. The maximum Gasteiger partial charge on any atom is 0.345 e. The second kappa shape index (κ2) is 5.29. The van der Waals surface area contributed by atoms with E-state index in [1.54, 1.807) is 6.92 Å². The Morgan fingerprint density at radius 1 is 1.35 bits per heavy atom. The summed E-state index contributed by atoms with van der Waals surface area (Å²) >= 11 is 0. The van der Waals surface area contributed by atoms with Crippen molar-refractivity contribution in [1.82, 2.24) is 4.57 Å². The number of rotatable bonds is 3. The Morgan fingerprint density at radius 3 is 2.57 bits per heavy atom. The van der Waals surface area contributed by atoms with E-state index in [4.69, 9.17) is 10.5 Å². The summed E-state index contributed by atoms with van der Waals surface area (Å²) in [5.74, 6) is -5.96. The van der Waals surface area contributed by atoms with Crippen LogP contribution in [0, 0.1) is 17.5 Å². The first-order chi connectivity index (χ1) is 10.9. The van der Waals surface area contributed by atoms with E-state index in [1.807, 2.05) is 0 Å². The molecule has 0 amide bonds. The van der Waals surface area contributed by atoms with Gasteiger partial charge in [-0.3, -0.25) is 4.79 Å². The maximum absolute atomic E-state index is 14.2. The monoisotopic (exact) mass is 326 g/mol. The van der Waals surface area contributed by atoms with Gasteiger partial charge in [0.15, 0.2) is 17.5 Å². The topological polar surface area (TPSA) is 74.3 Å². The number of carbonyl (C=O) groups excluding carboxylic acids is 1. The van der Waals surface area contributed by atoms with E-state index in [9.17, 15) is 22.8 Å². The zero-order chi connectivity index (χ0) is 16.9. The lowest BCUT2D eigenvalue weighted by Gasteiger charge is -2.17. The highest BCUT2D eigenvalue weighted by atomic mass is 19.2. The Labute approximate surface area is 128 Å². The number of anilines is 1. The molecule has 0 bridgehead atoms. The Bertz CT molecular complexity index is 888. The lowest BCUT2D eigenvalue weighted by atomic mass is 10.1.